The molecule has 1 atom stereocenters. The van der Waals surface area contributed by atoms with Crippen LogP contribution in [0.5, 0.6) is 0 Å². The fourth-order valence-electron chi connectivity index (χ4n) is 3.03. The summed E-state index contributed by atoms with van der Waals surface area (Å²) in [7, 11) is 0. The Balaban J connectivity index is 1.41. The lowest BCUT2D eigenvalue weighted by atomic mass is 10.0. The fourth-order valence-corrected chi connectivity index (χ4v) is 3.03. The quantitative estimate of drug-likeness (QED) is 0.756. The molecule has 2 aromatic heterocycles. The van der Waals surface area contributed by atoms with Crippen LogP contribution in [0.15, 0.2) is 36.9 Å². The van der Waals surface area contributed by atoms with E-state index in [1.165, 1.54) is 6.33 Å². The molecule has 3 aromatic rings. The molecule has 1 aliphatic heterocycles. The van der Waals surface area contributed by atoms with Gasteiger partial charge in [0, 0.05) is 13.1 Å². The predicted octanol–water partition coefficient (Wildman–Crippen LogP) is 0.838. The SMILES string of the molecule is O=C(NCc1ccc(-n2cncn2)cc1)[C@@H]1CCCCn2nnnc21. The van der Waals surface area contributed by atoms with Crippen molar-refractivity contribution in [1.82, 2.24) is 40.3 Å². The van der Waals surface area contributed by atoms with Crippen molar-refractivity contribution < 1.29 is 4.79 Å². The zero-order chi connectivity index (χ0) is 17.1. The summed E-state index contributed by atoms with van der Waals surface area (Å²) in [4.78, 5) is 16.5. The molecule has 25 heavy (non-hydrogen) atoms. The standard InChI is InChI=1S/C16H18N8O/c25-16(14-3-1-2-8-23-15(14)20-21-22-23)18-9-12-4-6-13(7-5-12)24-11-17-10-19-24/h4-7,10-11,14H,1-3,8-9H2,(H,18,25)/t14-/m1/s1. The molecular weight excluding hydrogens is 320 g/mol. The van der Waals surface area contributed by atoms with E-state index in [9.17, 15) is 4.79 Å². The number of tetrazole rings is 1. The van der Waals surface area contributed by atoms with Crippen molar-refractivity contribution in [2.75, 3.05) is 0 Å². The first-order valence-corrected chi connectivity index (χ1v) is 8.29. The van der Waals surface area contributed by atoms with Gasteiger partial charge in [-0.05, 0) is 41.0 Å². The van der Waals surface area contributed by atoms with Gasteiger partial charge in [0.15, 0.2) is 5.82 Å². The van der Waals surface area contributed by atoms with E-state index in [2.05, 4.69) is 30.9 Å². The smallest absolute Gasteiger partial charge is 0.231 e. The molecule has 1 amide bonds. The molecule has 0 unspecified atom stereocenters. The van der Waals surface area contributed by atoms with E-state index in [1.54, 1.807) is 15.7 Å². The van der Waals surface area contributed by atoms with Gasteiger partial charge in [-0.2, -0.15) is 5.10 Å². The van der Waals surface area contributed by atoms with Crippen LogP contribution in [-0.2, 0) is 17.9 Å². The molecule has 0 saturated carbocycles. The molecule has 0 aliphatic carbocycles. The van der Waals surface area contributed by atoms with Gasteiger partial charge in [-0.25, -0.2) is 14.3 Å². The number of aryl methyl sites for hydroxylation is 1. The summed E-state index contributed by atoms with van der Waals surface area (Å²) in [5.41, 5.74) is 1.95. The summed E-state index contributed by atoms with van der Waals surface area (Å²) in [6.07, 6.45) is 5.89. The lowest BCUT2D eigenvalue weighted by molar-refractivity contribution is -0.123. The van der Waals surface area contributed by atoms with E-state index in [-0.39, 0.29) is 11.8 Å². The Bertz CT molecular complexity index is 839. The summed E-state index contributed by atoms with van der Waals surface area (Å²) in [5, 5.41) is 18.8. The summed E-state index contributed by atoms with van der Waals surface area (Å²) < 4.78 is 3.43. The first kappa shape index (κ1) is 15.4. The average Bonchev–Trinajstić information content (AvgIpc) is 3.29. The van der Waals surface area contributed by atoms with E-state index in [4.69, 9.17) is 0 Å². The lowest BCUT2D eigenvalue weighted by Gasteiger charge is -2.13. The average molecular weight is 338 g/mol. The minimum absolute atomic E-state index is 0.0293. The first-order valence-electron chi connectivity index (χ1n) is 8.29. The minimum Gasteiger partial charge on any atom is -0.351 e. The van der Waals surface area contributed by atoms with Crippen molar-refractivity contribution in [2.45, 2.75) is 38.3 Å². The molecule has 9 heteroatoms. The molecule has 0 spiro atoms. The molecule has 0 radical (unpaired) electrons. The monoisotopic (exact) mass is 338 g/mol. The van der Waals surface area contributed by atoms with Crippen LogP contribution in [0.1, 0.15) is 36.6 Å². The molecule has 1 aromatic carbocycles. The minimum atomic E-state index is -0.285. The van der Waals surface area contributed by atoms with Gasteiger partial charge < -0.3 is 5.32 Å². The highest BCUT2D eigenvalue weighted by Gasteiger charge is 2.28. The maximum atomic E-state index is 12.6. The Morgan fingerprint density at radius 3 is 2.92 bits per heavy atom. The van der Waals surface area contributed by atoms with Crippen LogP contribution in [-0.4, -0.2) is 40.9 Å². The highest BCUT2D eigenvalue weighted by atomic mass is 16.1. The zero-order valence-electron chi connectivity index (χ0n) is 13.6. The highest BCUT2D eigenvalue weighted by molar-refractivity contribution is 5.82. The predicted molar refractivity (Wildman–Crippen MR) is 87.6 cm³/mol. The number of rotatable bonds is 4. The highest BCUT2D eigenvalue weighted by Crippen LogP contribution is 2.24. The van der Waals surface area contributed by atoms with Crippen molar-refractivity contribution >= 4 is 5.91 Å². The number of nitrogens with one attached hydrogen (secondary N) is 1. The largest absolute Gasteiger partial charge is 0.351 e. The lowest BCUT2D eigenvalue weighted by Crippen LogP contribution is -2.30. The Kier molecular flexibility index (Phi) is 4.19. The van der Waals surface area contributed by atoms with E-state index in [1.807, 2.05) is 24.3 Å². The van der Waals surface area contributed by atoms with Gasteiger partial charge in [0.05, 0.1) is 11.6 Å². The Morgan fingerprint density at radius 1 is 1.24 bits per heavy atom. The van der Waals surface area contributed by atoms with E-state index < -0.39 is 0 Å². The maximum Gasteiger partial charge on any atom is 0.231 e. The van der Waals surface area contributed by atoms with E-state index in [0.717, 1.165) is 37.1 Å². The number of hydrogen-bond donors (Lipinski definition) is 1. The van der Waals surface area contributed by atoms with Gasteiger partial charge >= 0.3 is 0 Å². The summed E-state index contributed by atoms with van der Waals surface area (Å²) in [6.45, 7) is 1.24. The molecule has 0 bridgehead atoms. The molecule has 128 valence electrons. The number of nitrogens with zero attached hydrogens (tertiary/aromatic N) is 7. The first-order chi connectivity index (χ1) is 12.3. The topological polar surface area (TPSA) is 103 Å². The van der Waals surface area contributed by atoms with Gasteiger partial charge in [-0.15, -0.1) is 5.10 Å². The van der Waals surface area contributed by atoms with Crippen molar-refractivity contribution in [1.29, 1.82) is 0 Å². The molecule has 1 N–H and O–H groups in total. The van der Waals surface area contributed by atoms with Crippen LogP contribution in [0.25, 0.3) is 5.69 Å². The zero-order valence-corrected chi connectivity index (χ0v) is 13.6. The molecule has 0 saturated heterocycles. The third kappa shape index (κ3) is 3.25. The molecular formula is C16H18N8O. The van der Waals surface area contributed by atoms with Crippen LogP contribution in [0, 0.1) is 0 Å². The van der Waals surface area contributed by atoms with Gasteiger partial charge in [-0.3, -0.25) is 4.79 Å². The summed E-state index contributed by atoms with van der Waals surface area (Å²) >= 11 is 0. The van der Waals surface area contributed by atoms with Gasteiger partial charge in [0.1, 0.15) is 12.7 Å². The van der Waals surface area contributed by atoms with Gasteiger partial charge in [0.2, 0.25) is 5.91 Å². The molecule has 1 aliphatic rings. The normalized spacial score (nSPS) is 16.9. The number of hydrogen-bond acceptors (Lipinski definition) is 6. The van der Waals surface area contributed by atoms with Crippen molar-refractivity contribution in [3.8, 4) is 5.69 Å². The third-order valence-electron chi connectivity index (χ3n) is 4.39. The molecule has 3 heterocycles. The third-order valence-corrected chi connectivity index (χ3v) is 4.39. The second kappa shape index (κ2) is 6.80. The molecule has 9 nitrogen and oxygen atoms in total. The van der Waals surface area contributed by atoms with Crippen LogP contribution in [0.2, 0.25) is 0 Å². The maximum absolute atomic E-state index is 12.6. The molecule has 4 rings (SSSR count). The number of fused-ring (bicyclic) bond motifs is 1. The number of carbonyl (C=O) groups excluding carboxylic acids is 1. The Morgan fingerprint density at radius 2 is 2.12 bits per heavy atom. The van der Waals surface area contributed by atoms with Crippen molar-refractivity contribution in [2.24, 2.45) is 0 Å². The number of benzene rings is 1. The summed E-state index contributed by atoms with van der Waals surface area (Å²) in [5.74, 6) is 0.349. The second-order valence-electron chi connectivity index (χ2n) is 6.03. The van der Waals surface area contributed by atoms with E-state index >= 15 is 0 Å². The van der Waals surface area contributed by atoms with Crippen molar-refractivity contribution in [3.05, 3.63) is 48.3 Å². The van der Waals surface area contributed by atoms with E-state index in [0.29, 0.717) is 12.4 Å². The fraction of sp³-hybridized carbons (Fsp3) is 0.375. The van der Waals surface area contributed by atoms with Crippen LogP contribution < -0.4 is 5.32 Å². The van der Waals surface area contributed by atoms with Gasteiger partial charge in [-0.1, -0.05) is 18.6 Å². The van der Waals surface area contributed by atoms with Crippen LogP contribution >= 0.6 is 0 Å². The number of amides is 1. The van der Waals surface area contributed by atoms with Crippen LogP contribution in [0.3, 0.4) is 0 Å². The number of aromatic nitrogens is 7. The van der Waals surface area contributed by atoms with Crippen molar-refractivity contribution in [3.63, 3.8) is 0 Å². The summed E-state index contributed by atoms with van der Waals surface area (Å²) in [6, 6.07) is 7.83. The van der Waals surface area contributed by atoms with Gasteiger partial charge in [0.25, 0.3) is 0 Å². The number of carbonyl (C=O) groups is 1. The Labute approximate surface area is 144 Å². The van der Waals surface area contributed by atoms with Crippen LogP contribution in [0.4, 0.5) is 0 Å². The second-order valence-corrected chi connectivity index (χ2v) is 6.03. The Hall–Kier alpha value is -3.10. The molecule has 0 fully saturated rings.